The number of anilines is 1. The van der Waals surface area contributed by atoms with E-state index in [-0.39, 0.29) is 10.8 Å². The summed E-state index contributed by atoms with van der Waals surface area (Å²) in [7, 11) is 0. The minimum atomic E-state index is -1.00. The molecule has 0 saturated carbocycles. The maximum atomic E-state index is 11.6. The average molecular weight is 274 g/mol. The maximum absolute atomic E-state index is 11.6. The molecule has 0 aliphatic carbocycles. The van der Waals surface area contributed by atoms with Crippen molar-refractivity contribution in [3.63, 3.8) is 0 Å². The number of hydrogen-bond acceptors (Lipinski definition) is 4. The van der Waals surface area contributed by atoms with Crippen LogP contribution in [0.2, 0.25) is 0 Å². The van der Waals surface area contributed by atoms with E-state index in [1.165, 1.54) is 12.1 Å². The molecule has 0 saturated heterocycles. The Bertz CT molecular complexity index is 620. The van der Waals surface area contributed by atoms with Crippen LogP contribution in [0, 0.1) is 0 Å². The van der Waals surface area contributed by atoms with E-state index in [1.54, 1.807) is 30.6 Å². The van der Waals surface area contributed by atoms with Crippen molar-refractivity contribution >= 4 is 34.3 Å². The van der Waals surface area contributed by atoms with Crippen molar-refractivity contribution in [3.8, 4) is 0 Å². The van der Waals surface area contributed by atoms with E-state index in [1.807, 2.05) is 6.07 Å². The van der Waals surface area contributed by atoms with E-state index in [0.717, 1.165) is 16.9 Å². The van der Waals surface area contributed by atoms with Crippen LogP contribution in [0.4, 0.5) is 5.00 Å². The van der Waals surface area contributed by atoms with Gasteiger partial charge in [-0.2, -0.15) is 0 Å². The lowest BCUT2D eigenvalue weighted by atomic mass is 10.2. The van der Waals surface area contributed by atoms with Gasteiger partial charge in [-0.15, -0.1) is 11.3 Å². The molecule has 6 heteroatoms. The van der Waals surface area contributed by atoms with E-state index in [0.29, 0.717) is 5.00 Å². The van der Waals surface area contributed by atoms with Gasteiger partial charge < -0.3 is 10.4 Å². The summed E-state index contributed by atoms with van der Waals surface area (Å²) in [6.07, 6.45) is 6.29. The Labute approximate surface area is 113 Å². The fourth-order valence-corrected chi connectivity index (χ4v) is 2.08. The highest BCUT2D eigenvalue weighted by atomic mass is 32.1. The number of carbonyl (C=O) groups is 2. The summed E-state index contributed by atoms with van der Waals surface area (Å²) in [5.74, 6) is -1.32. The zero-order chi connectivity index (χ0) is 13.7. The van der Waals surface area contributed by atoms with Crippen LogP contribution in [0.1, 0.15) is 15.2 Å². The van der Waals surface area contributed by atoms with Crippen LogP contribution in [0.25, 0.3) is 6.08 Å². The second-order valence-electron chi connectivity index (χ2n) is 3.58. The van der Waals surface area contributed by atoms with E-state index in [9.17, 15) is 9.59 Å². The lowest BCUT2D eigenvalue weighted by Crippen LogP contribution is -2.06. The second-order valence-corrected chi connectivity index (χ2v) is 4.66. The number of thiophene rings is 1. The third-order valence-electron chi connectivity index (χ3n) is 2.17. The summed E-state index contributed by atoms with van der Waals surface area (Å²) in [5, 5.41) is 11.9. The number of carbonyl (C=O) groups excluding carboxylic acids is 1. The minimum absolute atomic E-state index is 0.187. The zero-order valence-electron chi connectivity index (χ0n) is 9.74. The van der Waals surface area contributed by atoms with Crippen LogP contribution < -0.4 is 5.32 Å². The van der Waals surface area contributed by atoms with Gasteiger partial charge in [0.15, 0.2) is 0 Å². The first-order valence-corrected chi connectivity index (χ1v) is 6.19. The highest BCUT2D eigenvalue weighted by Gasteiger charge is 2.07. The largest absolute Gasteiger partial charge is 0.477 e. The number of aromatic carboxylic acids is 1. The number of nitrogens with one attached hydrogen (secondary N) is 1. The van der Waals surface area contributed by atoms with E-state index < -0.39 is 5.97 Å². The highest BCUT2D eigenvalue weighted by molar-refractivity contribution is 7.18. The summed E-state index contributed by atoms with van der Waals surface area (Å²) >= 11 is 1.01. The van der Waals surface area contributed by atoms with Crippen LogP contribution >= 0.6 is 11.3 Å². The first-order valence-electron chi connectivity index (χ1n) is 5.37. The molecule has 2 heterocycles. The number of pyridine rings is 1. The van der Waals surface area contributed by atoms with Crippen molar-refractivity contribution < 1.29 is 14.7 Å². The Balaban J connectivity index is 1.97. The van der Waals surface area contributed by atoms with Crippen molar-refractivity contribution in [2.45, 2.75) is 0 Å². The molecular weight excluding hydrogens is 264 g/mol. The summed E-state index contributed by atoms with van der Waals surface area (Å²) in [5.41, 5.74) is 0.815. The predicted molar refractivity (Wildman–Crippen MR) is 73.2 cm³/mol. The molecule has 1 amide bonds. The smallest absolute Gasteiger partial charge is 0.345 e. The molecule has 19 heavy (non-hydrogen) atoms. The first-order chi connectivity index (χ1) is 9.15. The van der Waals surface area contributed by atoms with Crippen molar-refractivity contribution in [3.05, 3.63) is 53.2 Å². The van der Waals surface area contributed by atoms with Crippen molar-refractivity contribution in [1.82, 2.24) is 4.98 Å². The predicted octanol–water partition coefficient (Wildman–Crippen LogP) is 2.49. The molecule has 0 spiro atoms. The third kappa shape index (κ3) is 3.75. The Kier molecular flexibility index (Phi) is 4.04. The van der Waals surface area contributed by atoms with E-state index in [4.69, 9.17) is 5.11 Å². The Morgan fingerprint density at radius 1 is 1.32 bits per heavy atom. The molecule has 96 valence electrons. The van der Waals surface area contributed by atoms with Gasteiger partial charge in [-0.25, -0.2) is 4.79 Å². The van der Waals surface area contributed by atoms with Crippen LogP contribution in [0.15, 0.2) is 42.7 Å². The lowest BCUT2D eigenvalue weighted by Gasteiger charge is -1.96. The van der Waals surface area contributed by atoms with Crippen LogP contribution in [-0.2, 0) is 4.79 Å². The number of hydrogen-bond donors (Lipinski definition) is 2. The Hall–Kier alpha value is -2.47. The number of rotatable bonds is 4. The lowest BCUT2D eigenvalue weighted by molar-refractivity contribution is -0.111. The minimum Gasteiger partial charge on any atom is -0.477 e. The molecular formula is C13H10N2O3S. The van der Waals surface area contributed by atoms with E-state index >= 15 is 0 Å². The molecule has 2 N–H and O–H groups in total. The van der Waals surface area contributed by atoms with Crippen LogP contribution in [0.3, 0.4) is 0 Å². The number of amides is 1. The van der Waals surface area contributed by atoms with Gasteiger partial charge in [0.05, 0.1) is 5.00 Å². The Morgan fingerprint density at radius 2 is 2.16 bits per heavy atom. The van der Waals surface area contributed by atoms with Crippen molar-refractivity contribution in [2.24, 2.45) is 0 Å². The molecule has 0 atom stereocenters. The molecule has 0 aliphatic rings. The van der Waals surface area contributed by atoms with Crippen molar-refractivity contribution in [1.29, 1.82) is 0 Å². The SMILES string of the molecule is O=C(/C=C/c1cccnc1)Nc1ccc(C(=O)O)s1. The van der Waals surface area contributed by atoms with Crippen LogP contribution in [-0.4, -0.2) is 22.0 Å². The summed E-state index contributed by atoms with van der Waals surface area (Å²) in [6, 6.07) is 6.61. The molecule has 2 rings (SSSR count). The molecule has 2 aromatic rings. The number of nitrogens with zero attached hydrogens (tertiary/aromatic N) is 1. The number of aromatic nitrogens is 1. The molecule has 0 aromatic carbocycles. The summed E-state index contributed by atoms with van der Waals surface area (Å²) in [6.45, 7) is 0. The fourth-order valence-electron chi connectivity index (χ4n) is 1.33. The average Bonchev–Trinajstić information content (AvgIpc) is 2.86. The third-order valence-corrected chi connectivity index (χ3v) is 3.16. The molecule has 0 radical (unpaired) electrons. The van der Waals surface area contributed by atoms with Gasteiger partial charge in [-0.1, -0.05) is 6.07 Å². The van der Waals surface area contributed by atoms with Gasteiger partial charge >= 0.3 is 5.97 Å². The van der Waals surface area contributed by atoms with Gasteiger partial charge in [0.1, 0.15) is 4.88 Å². The molecule has 2 aromatic heterocycles. The van der Waals surface area contributed by atoms with Crippen molar-refractivity contribution in [2.75, 3.05) is 5.32 Å². The van der Waals surface area contributed by atoms with Gasteiger partial charge in [0.2, 0.25) is 5.91 Å². The van der Waals surface area contributed by atoms with Gasteiger partial charge in [-0.3, -0.25) is 9.78 Å². The Morgan fingerprint density at radius 3 is 2.79 bits per heavy atom. The molecule has 0 aliphatic heterocycles. The number of carboxylic acid groups (broad SMARTS) is 1. The second kappa shape index (κ2) is 5.92. The monoisotopic (exact) mass is 274 g/mol. The van der Waals surface area contributed by atoms with E-state index in [2.05, 4.69) is 10.3 Å². The van der Waals surface area contributed by atoms with Gasteiger partial charge in [0.25, 0.3) is 0 Å². The first kappa shape index (κ1) is 13.0. The standard InChI is InChI=1S/C13H10N2O3S/c16-11(5-3-9-2-1-7-14-8-9)15-12-6-4-10(19-12)13(17)18/h1-8H,(H,15,16)(H,17,18)/b5-3+. The normalized spacial score (nSPS) is 10.5. The van der Waals surface area contributed by atoms with Gasteiger partial charge in [-0.05, 0) is 29.8 Å². The fraction of sp³-hybridized carbons (Fsp3) is 0. The molecule has 0 fully saturated rings. The topological polar surface area (TPSA) is 79.3 Å². The quantitative estimate of drug-likeness (QED) is 0.839. The van der Waals surface area contributed by atoms with Gasteiger partial charge in [0, 0.05) is 18.5 Å². The highest BCUT2D eigenvalue weighted by Crippen LogP contribution is 2.21. The summed E-state index contributed by atoms with van der Waals surface area (Å²) < 4.78 is 0. The number of carboxylic acids is 1. The summed E-state index contributed by atoms with van der Waals surface area (Å²) in [4.78, 5) is 26.4. The molecule has 0 bridgehead atoms. The maximum Gasteiger partial charge on any atom is 0.345 e. The molecule has 5 nitrogen and oxygen atoms in total. The zero-order valence-corrected chi connectivity index (χ0v) is 10.6. The van der Waals surface area contributed by atoms with Crippen LogP contribution in [0.5, 0.6) is 0 Å². The molecule has 0 unspecified atom stereocenters.